The number of alkyl halides is 1. The predicted molar refractivity (Wildman–Crippen MR) is 96.1 cm³/mol. The first-order valence-corrected chi connectivity index (χ1v) is 9.27. The fourth-order valence-corrected chi connectivity index (χ4v) is 3.78. The number of carbonyl (C=O) groups excluding carboxylic acids is 1. The highest BCUT2D eigenvalue weighted by Gasteiger charge is 2.47. The van der Waals surface area contributed by atoms with E-state index in [1.807, 2.05) is 13.8 Å². The van der Waals surface area contributed by atoms with E-state index < -0.39 is 5.67 Å². The minimum atomic E-state index is -1.45. The average Bonchev–Trinajstić information content (AvgIpc) is 3.42. The highest BCUT2D eigenvalue weighted by atomic mass is 19.1. The molecule has 3 aliphatic rings. The Morgan fingerprint density at radius 2 is 1.35 bits per heavy atom. The molecular formula is C21H33FO. The Labute approximate surface area is 141 Å². The van der Waals surface area contributed by atoms with Crippen LogP contribution in [0.3, 0.4) is 0 Å². The van der Waals surface area contributed by atoms with Gasteiger partial charge in [-0.25, -0.2) is 4.39 Å². The van der Waals surface area contributed by atoms with Gasteiger partial charge in [0.05, 0.1) is 0 Å². The fraction of sp³-hybridized carbons (Fsp3) is 0.714. The molecule has 0 heterocycles. The van der Waals surface area contributed by atoms with Crippen molar-refractivity contribution in [1.29, 1.82) is 0 Å². The van der Waals surface area contributed by atoms with Crippen LogP contribution < -0.4 is 0 Å². The molecule has 3 rings (SSSR count). The molecule has 3 aliphatic carbocycles. The summed E-state index contributed by atoms with van der Waals surface area (Å²) in [6.45, 7) is 13.8. The van der Waals surface area contributed by atoms with Gasteiger partial charge in [-0.2, -0.15) is 0 Å². The molecule has 0 amide bonds. The Hall–Kier alpha value is -1.14. The number of rotatable bonds is 4. The molecular weight excluding hydrogens is 287 g/mol. The minimum absolute atomic E-state index is 0.0215. The molecule has 0 aromatic rings. The van der Waals surface area contributed by atoms with Gasteiger partial charge in [0, 0.05) is 5.92 Å². The molecule has 0 bridgehead atoms. The third-order valence-corrected chi connectivity index (χ3v) is 5.35. The number of allylic oxidation sites excluding steroid dienone is 1. The highest BCUT2D eigenvalue weighted by Crippen LogP contribution is 2.47. The summed E-state index contributed by atoms with van der Waals surface area (Å²) in [4.78, 5) is 12.2. The van der Waals surface area contributed by atoms with Crippen molar-refractivity contribution in [3.05, 3.63) is 31.0 Å². The lowest BCUT2D eigenvalue weighted by Gasteiger charge is -2.37. The lowest BCUT2D eigenvalue weighted by molar-refractivity contribution is -0.141. The molecule has 0 saturated heterocycles. The van der Waals surface area contributed by atoms with Crippen molar-refractivity contribution in [1.82, 2.24) is 0 Å². The number of carbonyl (C=O) groups is 1. The molecule has 0 radical (unpaired) electrons. The zero-order chi connectivity index (χ0) is 17.5. The normalized spacial score (nSPS) is 27.8. The van der Waals surface area contributed by atoms with Gasteiger partial charge in [0.25, 0.3) is 0 Å². The first kappa shape index (κ1) is 19.9. The second kappa shape index (κ2) is 9.23. The van der Waals surface area contributed by atoms with Crippen LogP contribution in [0.25, 0.3) is 0 Å². The van der Waals surface area contributed by atoms with Crippen LogP contribution >= 0.6 is 0 Å². The lowest BCUT2D eigenvalue weighted by atomic mass is 9.69. The van der Waals surface area contributed by atoms with Crippen LogP contribution in [0.1, 0.15) is 71.6 Å². The molecule has 2 heteroatoms. The zero-order valence-electron chi connectivity index (χ0n) is 15.0. The fourth-order valence-electron chi connectivity index (χ4n) is 3.78. The minimum Gasteiger partial charge on any atom is -0.296 e. The number of hydrogen-bond acceptors (Lipinski definition) is 1. The second-order valence-corrected chi connectivity index (χ2v) is 6.64. The number of hydrogen-bond donors (Lipinski definition) is 0. The summed E-state index contributed by atoms with van der Waals surface area (Å²) in [5.74, 6) is 1.17. The van der Waals surface area contributed by atoms with Gasteiger partial charge in [0.15, 0.2) is 11.5 Å². The molecule has 0 N–H and O–H groups in total. The molecule has 1 nitrogen and oxygen atoms in total. The van der Waals surface area contributed by atoms with Gasteiger partial charge >= 0.3 is 0 Å². The van der Waals surface area contributed by atoms with Crippen LogP contribution in [0, 0.1) is 17.8 Å². The monoisotopic (exact) mass is 320 g/mol. The van der Waals surface area contributed by atoms with E-state index in [4.69, 9.17) is 0 Å². The summed E-state index contributed by atoms with van der Waals surface area (Å²) in [6, 6.07) is 0. The summed E-state index contributed by atoms with van der Waals surface area (Å²) in [6.07, 6.45) is 8.16. The number of ketones is 1. The maximum atomic E-state index is 14.2. The molecule has 0 atom stereocenters. The van der Waals surface area contributed by atoms with Gasteiger partial charge in [-0.3, -0.25) is 4.79 Å². The SMILES string of the molecule is C=C.C=C=C(C1CCC(C(=O)C2(F)CCC2)CC1)C1CC1.CC. The highest BCUT2D eigenvalue weighted by molar-refractivity contribution is 5.90. The van der Waals surface area contributed by atoms with Gasteiger partial charge in [-0.05, 0) is 75.2 Å². The second-order valence-electron chi connectivity index (χ2n) is 6.64. The zero-order valence-corrected chi connectivity index (χ0v) is 15.0. The van der Waals surface area contributed by atoms with Gasteiger partial charge < -0.3 is 0 Å². The molecule has 0 unspecified atom stereocenters. The third-order valence-electron chi connectivity index (χ3n) is 5.35. The molecule has 0 aliphatic heterocycles. The van der Waals surface area contributed by atoms with Crippen molar-refractivity contribution in [2.24, 2.45) is 17.8 Å². The van der Waals surface area contributed by atoms with E-state index in [-0.39, 0.29) is 11.7 Å². The maximum Gasteiger partial charge on any atom is 0.173 e. The van der Waals surface area contributed by atoms with E-state index in [1.54, 1.807) is 0 Å². The van der Waals surface area contributed by atoms with Gasteiger partial charge in [0.2, 0.25) is 0 Å². The van der Waals surface area contributed by atoms with Crippen molar-refractivity contribution in [3.8, 4) is 0 Å². The van der Waals surface area contributed by atoms with Gasteiger partial charge in [0.1, 0.15) is 0 Å². The summed E-state index contributed by atoms with van der Waals surface area (Å²) in [5, 5.41) is 0. The molecule has 3 saturated carbocycles. The number of Topliss-reactive ketones (excluding diaryl/α,β-unsaturated/α-hetero) is 1. The Bertz CT molecular complexity index is 431. The van der Waals surface area contributed by atoms with Crippen molar-refractivity contribution >= 4 is 5.78 Å². The van der Waals surface area contributed by atoms with Crippen molar-refractivity contribution in [2.45, 2.75) is 77.3 Å². The van der Waals surface area contributed by atoms with E-state index in [9.17, 15) is 9.18 Å². The first-order valence-electron chi connectivity index (χ1n) is 9.27. The van der Waals surface area contributed by atoms with Crippen LogP contribution in [0.2, 0.25) is 0 Å². The maximum absolute atomic E-state index is 14.2. The predicted octanol–water partition coefficient (Wildman–Crippen LogP) is 6.20. The van der Waals surface area contributed by atoms with Crippen LogP contribution in [-0.4, -0.2) is 11.5 Å². The van der Waals surface area contributed by atoms with Crippen LogP contribution in [0.15, 0.2) is 31.0 Å². The largest absolute Gasteiger partial charge is 0.296 e. The first-order chi connectivity index (χ1) is 11.1. The molecule has 0 aromatic heterocycles. The molecule has 23 heavy (non-hydrogen) atoms. The number of halogens is 1. The summed E-state index contributed by atoms with van der Waals surface area (Å²) in [5.41, 5.74) is 3.08. The van der Waals surface area contributed by atoms with Crippen molar-refractivity contribution < 1.29 is 9.18 Å². The Balaban J connectivity index is 0.000000615. The van der Waals surface area contributed by atoms with E-state index in [2.05, 4.69) is 25.5 Å². The molecule has 0 spiro atoms. The Morgan fingerprint density at radius 1 is 0.957 bits per heavy atom. The van der Waals surface area contributed by atoms with Crippen LogP contribution in [-0.2, 0) is 4.79 Å². The topological polar surface area (TPSA) is 17.1 Å². The van der Waals surface area contributed by atoms with E-state index in [0.29, 0.717) is 24.7 Å². The molecule has 3 fully saturated rings. The van der Waals surface area contributed by atoms with E-state index >= 15 is 0 Å². The Kier molecular flexibility index (Phi) is 7.99. The Morgan fingerprint density at radius 3 is 1.65 bits per heavy atom. The van der Waals surface area contributed by atoms with E-state index in [0.717, 1.165) is 32.1 Å². The quantitative estimate of drug-likeness (QED) is 0.445. The lowest BCUT2D eigenvalue weighted by Crippen LogP contribution is -2.45. The van der Waals surface area contributed by atoms with Gasteiger partial charge in [-0.1, -0.05) is 20.4 Å². The average molecular weight is 320 g/mol. The summed E-state index contributed by atoms with van der Waals surface area (Å²) < 4.78 is 14.2. The summed E-state index contributed by atoms with van der Waals surface area (Å²) >= 11 is 0. The summed E-state index contributed by atoms with van der Waals surface area (Å²) in [7, 11) is 0. The standard InChI is InChI=1S/C17H23FO.C2H6.C2H4/c1-2-15(12-4-5-12)13-6-8-14(9-7-13)16(19)17(18)10-3-11-17;2*1-2/h12-14H,1,3-11H2;1-2H3;1-2H2. The molecule has 0 aromatic carbocycles. The van der Waals surface area contributed by atoms with E-state index in [1.165, 1.54) is 18.4 Å². The van der Waals surface area contributed by atoms with Crippen LogP contribution in [0.5, 0.6) is 0 Å². The van der Waals surface area contributed by atoms with Crippen molar-refractivity contribution in [3.63, 3.8) is 0 Å². The smallest absolute Gasteiger partial charge is 0.173 e. The van der Waals surface area contributed by atoms with Gasteiger partial charge in [-0.15, -0.1) is 18.9 Å². The molecule has 130 valence electrons. The third kappa shape index (κ3) is 4.67. The van der Waals surface area contributed by atoms with Crippen LogP contribution in [0.4, 0.5) is 4.39 Å². The van der Waals surface area contributed by atoms with Crippen molar-refractivity contribution in [2.75, 3.05) is 0 Å².